The van der Waals surface area contributed by atoms with Crippen LogP contribution in [0.1, 0.15) is 38.1 Å². The number of hydrogen-bond acceptors (Lipinski definition) is 4. The number of hydrogen-bond donors (Lipinski definition) is 1. The van der Waals surface area contributed by atoms with Gasteiger partial charge in [-0.15, -0.1) is 0 Å². The summed E-state index contributed by atoms with van der Waals surface area (Å²) in [4.78, 5) is 40.3. The molecule has 1 aromatic heterocycles. The number of aromatic nitrogens is 2. The molecule has 2 aromatic rings. The number of nitrogens with zero attached hydrogens (tertiary/aromatic N) is 1. The Balaban J connectivity index is 2.19. The van der Waals surface area contributed by atoms with E-state index in [-0.39, 0.29) is 5.92 Å². The molecule has 0 bridgehead atoms. The van der Waals surface area contributed by atoms with E-state index in [0.29, 0.717) is 10.9 Å². The maximum atomic E-state index is 12.8. The fraction of sp³-hybridized carbons (Fsp3) is 0.471. The lowest BCUT2D eigenvalue weighted by atomic mass is 9.83. The fourth-order valence-electron chi connectivity index (χ4n) is 3.51. The van der Waals surface area contributed by atoms with Crippen LogP contribution < -0.4 is 11.2 Å². The zero-order valence-corrected chi connectivity index (χ0v) is 13.1. The van der Waals surface area contributed by atoms with Crippen molar-refractivity contribution in [3.8, 4) is 0 Å². The minimum absolute atomic E-state index is 0.0452. The summed E-state index contributed by atoms with van der Waals surface area (Å²) in [7, 11) is 1.29. The molecule has 0 amide bonds. The summed E-state index contributed by atoms with van der Waals surface area (Å²) < 4.78 is 5.94. The van der Waals surface area contributed by atoms with Crippen molar-refractivity contribution in [2.75, 3.05) is 7.11 Å². The van der Waals surface area contributed by atoms with Gasteiger partial charge in [0.1, 0.15) is 6.04 Å². The zero-order chi connectivity index (χ0) is 16.4. The number of esters is 1. The van der Waals surface area contributed by atoms with E-state index < -0.39 is 23.3 Å². The number of fused-ring (bicyclic) bond motifs is 1. The third-order valence-electron chi connectivity index (χ3n) is 4.65. The highest BCUT2D eigenvalue weighted by molar-refractivity contribution is 5.78. The standard InChI is InChI=1S/C17H20N2O4/c1-23-16(21)14(11-7-3-2-4-8-11)19-15(20)12-9-5-6-10-13(12)18-17(19)22/h5-6,9-11,14H,2-4,7-8H2,1H3,(H,18,22). The third kappa shape index (κ3) is 2.81. The lowest BCUT2D eigenvalue weighted by molar-refractivity contribution is -0.147. The van der Waals surface area contributed by atoms with Crippen LogP contribution in [0.4, 0.5) is 0 Å². The molecule has 0 radical (unpaired) electrons. The van der Waals surface area contributed by atoms with Crippen molar-refractivity contribution in [2.24, 2.45) is 5.92 Å². The van der Waals surface area contributed by atoms with Crippen molar-refractivity contribution < 1.29 is 9.53 Å². The Morgan fingerprint density at radius 2 is 1.91 bits per heavy atom. The predicted octanol–water partition coefficient (Wildman–Crippen LogP) is 1.98. The monoisotopic (exact) mass is 316 g/mol. The molecular weight excluding hydrogens is 296 g/mol. The maximum Gasteiger partial charge on any atom is 0.329 e. The Morgan fingerprint density at radius 1 is 1.22 bits per heavy atom. The van der Waals surface area contributed by atoms with Crippen LogP contribution in [0.5, 0.6) is 0 Å². The molecule has 0 spiro atoms. The van der Waals surface area contributed by atoms with Crippen molar-refractivity contribution in [1.82, 2.24) is 9.55 Å². The third-order valence-corrected chi connectivity index (χ3v) is 4.65. The second kappa shape index (κ2) is 6.40. The van der Waals surface area contributed by atoms with Crippen molar-refractivity contribution in [1.29, 1.82) is 0 Å². The molecule has 1 heterocycles. The largest absolute Gasteiger partial charge is 0.467 e. The van der Waals surface area contributed by atoms with Gasteiger partial charge in [0, 0.05) is 0 Å². The van der Waals surface area contributed by atoms with Gasteiger partial charge < -0.3 is 9.72 Å². The summed E-state index contributed by atoms with van der Waals surface area (Å²) in [6, 6.07) is 5.96. The first-order valence-corrected chi connectivity index (χ1v) is 7.95. The number of para-hydroxylation sites is 1. The summed E-state index contributed by atoms with van der Waals surface area (Å²) >= 11 is 0. The van der Waals surface area contributed by atoms with Gasteiger partial charge in [0.05, 0.1) is 18.0 Å². The second-order valence-corrected chi connectivity index (χ2v) is 6.02. The lowest BCUT2D eigenvalue weighted by Gasteiger charge is -2.29. The number of carbonyl (C=O) groups excluding carboxylic acids is 1. The number of aromatic amines is 1. The molecule has 122 valence electrons. The summed E-state index contributed by atoms with van der Waals surface area (Å²) in [5.41, 5.74) is -0.522. The number of ether oxygens (including phenoxy) is 1. The van der Waals surface area contributed by atoms with E-state index in [1.807, 2.05) is 0 Å². The van der Waals surface area contributed by atoms with Crippen LogP contribution in [0, 0.1) is 5.92 Å². The Labute approximate surface area is 133 Å². The summed E-state index contributed by atoms with van der Waals surface area (Å²) in [6.45, 7) is 0. The van der Waals surface area contributed by atoms with E-state index >= 15 is 0 Å². The van der Waals surface area contributed by atoms with Crippen LogP contribution in [0.3, 0.4) is 0 Å². The molecule has 1 N–H and O–H groups in total. The van der Waals surface area contributed by atoms with E-state index in [2.05, 4.69) is 4.98 Å². The van der Waals surface area contributed by atoms with Crippen LogP contribution in [0.25, 0.3) is 10.9 Å². The molecule has 0 saturated heterocycles. The zero-order valence-electron chi connectivity index (χ0n) is 13.1. The first-order chi connectivity index (χ1) is 11.1. The van der Waals surface area contributed by atoms with E-state index in [1.54, 1.807) is 24.3 Å². The van der Waals surface area contributed by atoms with Gasteiger partial charge in [-0.1, -0.05) is 31.4 Å². The van der Waals surface area contributed by atoms with Gasteiger partial charge >= 0.3 is 11.7 Å². The first-order valence-electron chi connectivity index (χ1n) is 7.95. The smallest absolute Gasteiger partial charge is 0.329 e. The molecule has 6 heteroatoms. The van der Waals surface area contributed by atoms with Gasteiger partial charge in [0.2, 0.25) is 0 Å². The molecule has 1 saturated carbocycles. The predicted molar refractivity (Wildman–Crippen MR) is 86.5 cm³/mol. The number of methoxy groups -OCH3 is 1. The molecule has 1 fully saturated rings. The van der Waals surface area contributed by atoms with Crippen molar-refractivity contribution in [3.63, 3.8) is 0 Å². The highest BCUT2D eigenvalue weighted by atomic mass is 16.5. The quantitative estimate of drug-likeness (QED) is 0.878. The van der Waals surface area contributed by atoms with E-state index in [1.165, 1.54) is 7.11 Å². The SMILES string of the molecule is COC(=O)C(C1CCCCC1)n1c(=O)[nH]c2ccccc2c1=O. The van der Waals surface area contributed by atoms with Crippen LogP contribution in [-0.2, 0) is 9.53 Å². The number of nitrogens with one attached hydrogen (secondary N) is 1. The first kappa shape index (κ1) is 15.5. The summed E-state index contributed by atoms with van der Waals surface area (Å²) in [5, 5.41) is 0.400. The Bertz CT molecular complexity index is 830. The van der Waals surface area contributed by atoms with Gasteiger partial charge in [-0.2, -0.15) is 0 Å². The van der Waals surface area contributed by atoms with Gasteiger partial charge in [-0.05, 0) is 30.9 Å². The topological polar surface area (TPSA) is 81.2 Å². The molecule has 23 heavy (non-hydrogen) atoms. The van der Waals surface area contributed by atoms with E-state index in [0.717, 1.165) is 36.7 Å². The molecule has 6 nitrogen and oxygen atoms in total. The molecule has 1 aliphatic rings. The average Bonchev–Trinajstić information content (AvgIpc) is 2.58. The molecule has 1 unspecified atom stereocenters. The Kier molecular flexibility index (Phi) is 4.32. The maximum absolute atomic E-state index is 12.8. The lowest BCUT2D eigenvalue weighted by Crippen LogP contribution is -2.44. The normalized spacial score (nSPS) is 17.1. The van der Waals surface area contributed by atoms with E-state index in [9.17, 15) is 14.4 Å². The molecule has 3 rings (SSSR count). The molecule has 1 atom stereocenters. The molecule has 1 aliphatic carbocycles. The molecular formula is C17H20N2O4. The minimum Gasteiger partial charge on any atom is -0.467 e. The van der Waals surface area contributed by atoms with Crippen LogP contribution >= 0.6 is 0 Å². The van der Waals surface area contributed by atoms with Crippen molar-refractivity contribution in [2.45, 2.75) is 38.1 Å². The fourth-order valence-corrected chi connectivity index (χ4v) is 3.51. The van der Waals surface area contributed by atoms with Crippen LogP contribution in [0.2, 0.25) is 0 Å². The minimum atomic E-state index is -0.860. The number of carbonyl (C=O) groups is 1. The molecule has 1 aromatic carbocycles. The summed E-state index contributed by atoms with van der Waals surface area (Å²) in [6.07, 6.45) is 4.75. The van der Waals surface area contributed by atoms with Gasteiger partial charge in [0.25, 0.3) is 5.56 Å². The highest BCUT2D eigenvalue weighted by Crippen LogP contribution is 2.32. The van der Waals surface area contributed by atoms with Crippen LogP contribution in [0.15, 0.2) is 33.9 Å². The van der Waals surface area contributed by atoms with Gasteiger partial charge in [-0.3, -0.25) is 4.79 Å². The average molecular weight is 316 g/mol. The number of rotatable bonds is 3. The van der Waals surface area contributed by atoms with Crippen LogP contribution in [-0.4, -0.2) is 22.6 Å². The van der Waals surface area contributed by atoms with E-state index in [4.69, 9.17) is 4.74 Å². The number of H-pyrrole nitrogens is 1. The number of benzene rings is 1. The highest BCUT2D eigenvalue weighted by Gasteiger charge is 2.34. The Hall–Kier alpha value is -2.37. The second-order valence-electron chi connectivity index (χ2n) is 6.02. The molecule has 0 aliphatic heterocycles. The van der Waals surface area contributed by atoms with Crippen molar-refractivity contribution >= 4 is 16.9 Å². The Morgan fingerprint density at radius 3 is 2.61 bits per heavy atom. The summed E-state index contributed by atoms with van der Waals surface area (Å²) in [5.74, 6) is -0.573. The van der Waals surface area contributed by atoms with Crippen molar-refractivity contribution in [3.05, 3.63) is 45.1 Å². The van der Waals surface area contributed by atoms with Gasteiger partial charge in [-0.25, -0.2) is 14.2 Å². The van der Waals surface area contributed by atoms with Gasteiger partial charge in [0.15, 0.2) is 0 Å².